The Morgan fingerprint density at radius 2 is 1.92 bits per heavy atom. The molecule has 0 radical (unpaired) electrons. The third-order valence-corrected chi connectivity index (χ3v) is 4.27. The van der Waals surface area contributed by atoms with E-state index in [1.54, 1.807) is 0 Å². The largest absolute Gasteiger partial charge is 0.425 e. The van der Waals surface area contributed by atoms with Crippen LogP contribution in [0.15, 0.2) is 16.8 Å². The van der Waals surface area contributed by atoms with Crippen molar-refractivity contribution in [2.75, 3.05) is 0 Å². The summed E-state index contributed by atoms with van der Waals surface area (Å²) in [6.45, 7) is 4.77. The van der Waals surface area contributed by atoms with Crippen LogP contribution in [0.3, 0.4) is 0 Å². The van der Waals surface area contributed by atoms with Gasteiger partial charge < -0.3 is 4.42 Å². The quantitative estimate of drug-likeness (QED) is 0.464. The molecule has 3 heterocycles. The summed E-state index contributed by atoms with van der Waals surface area (Å²) in [4.78, 5) is 10.1. The zero-order chi connectivity index (χ0) is 18.0. The van der Waals surface area contributed by atoms with Crippen molar-refractivity contribution in [1.29, 1.82) is 0 Å². The first kappa shape index (κ1) is 17.1. The molecule has 0 aliphatic carbocycles. The second-order valence-electron chi connectivity index (χ2n) is 5.52. The minimum absolute atomic E-state index is 0.0465. The number of hydrogen-bond donors (Lipinski definition) is 0. The van der Waals surface area contributed by atoms with E-state index in [1.165, 1.54) is 17.1 Å². The summed E-state index contributed by atoms with van der Waals surface area (Å²) in [5.41, 5.74) is 1.65. The lowest BCUT2D eigenvalue weighted by molar-refractivity contribution is -0.385. The first-order chi connectivity index (χ1) is 11.9. The normalized spacial score (nSPS) is 11.2. The summed E-state index contributed by atoms with van der Waals surface area (Å²) < 4.78 is 8.87. The van der Waals surface area contributed by atoms with E-state index in [1.807, 2.05) is 18.5 Å². The second-order valence-corrected chi connectivity index (χ2v) is 5.89. The molecule has 0 aromatic carbocycles. The summed E-state index contributed by atoms with van der Waals surface area (Å²) in [5.74, 6) is 0.963. The number of rotatable bonds is 7. The van der Waals surface area contributed by atoms with Gasteiger partial charge in [-0.2, -0.15) is 10.2 Å². The minimum atomic E-state index is -0.487. The first-order valence-electron chi connectivity index (χ1n) is 7.61. The van der Waals surface area contributed by atoms with Crippen molar-refractivity contribution in [3.05, 3.63) is 50.7 Å². The van der Waals surface area contributed by atoms with Crippen molar-refractivity contribution in [1.82, 2.24) is 29.8 Å². The van der Waals surface area contributed by atoms with Crippen LogP contribution in [-0.4, -0.2) is 34.7 Å². The molecule has 0 spiro atoms. The van der Waals surface area contributed by atoms with Crippen LogP contribution in [0.4, 0.5) is 5.69 Å². The van der Waals surface area contributed by atoms with E-state index in [4.69, 9.17) is 16.0 Å². The van der Waals surface area contributed by atoms with Crippen LogP contribution < -0.4 is 0 Å². The van der Waals surface area contributed by atoms with Gasteiger partial charge in [-0.25, -0.2) is 0 Å². The monoisotopic (exact) mass is 365 g/mol. The molecule has 0 N–H and O–H groups in total. The van der Waals surface area contributed by atoms with E-state index in [9.17, 15) is 10.1 Å². The summed E-state index contributed by atoms with van der Waals surface area (Å²) in [6.07, 6.45) is 3.55. The van der Waals surface area contributed by atoms with Gasteiger partial charge in [-0.1, -0.05) is 11.6 Å². The van der Waals surface area contributed by atoms with Crippen molar-refractivity contribution in [2.24, 2.45) is 0 Å². The fraction of sp³-hybridized carbons (Fsp3) is 0.429. The minimum Gasteiger partial charge on any atom is -0.425 e. The Morgan fingerprint density at radius 1 is 1.24 bits per heavy atom. The Labute approximate surface area is 147 Å². The van der Waals surface area contributed by atoms with Gasteiger partial charge in [0.25, 0.3) is 0 Å². The Balaban J connectivity index is 1.55. The standard InChI is InChI=1S/C14H16ClN7O3/c1-9-14(15)10(2)21(19-9)6-4-13-18-17-12(25-13)3-5-20-8-11(7-16-20)22(23)24/h7-8H,3-6H2,1-2H3. The first-order valence-corrected chi connectivity index (χ1v) is 7.99. The molecule has 0 atom stereocenters. The molecule has 0 aliphatic rings. The van der Waals surface area contributed by atoms with Crippen LogP contribution in [0.2, 0.25) is 5.02 Å². The predicted molar refractivity (Wildman–Crippen MR) is 87.3 cm³/mol. The van der Waals surface area contributed by atoms with E-state index >= 15 is 0 Å². The third kappa shape index (κ3) is 3.85. The molecule has 132 valence electrons. The van der Waals surface area contributed by atoms with E-state index < -0.39 is 4.92 Å². The number of nitrogens with zero attached hydrogens (tertiary/aromatic N) is 7. The zero-order valence-corrected chi connectivity index (χ0v) is 14.5. The topological polar surface area (TPSA) is 118 Å². The van der Waals surface area contributed by atoms with Crippen LogP contribution >= 0.6 is 11.6 Å². The van der Waals surface area contributed by atoms with Gasteiger partial charge in [0, 0.05) is 25.9 Å². The molecule has 25 heavy (non-hydrogen) atoms. The number of aryl methyl sites for hydroxylation is 5. The highest BCUT2D eigenvalue weighted by atomic mass is 35.5. The van der Waals surface area contributed by atoms with Crippen LogP contribution in [0.25, 0.3) is 0 Å². The molecule has 0 amide bonds. The molecular formula is C14H16ClN7O3. The molecule has 0 unspecified atom stereocenters. The summed E-state index contributed by atoms with van der Waals surface area (Å²) >= 11 is 6.12. The molecule has 11 heteroatoms. The van der Waals surface area contributed by atoms with Crippen molar-refractivity contribution in [3.8, 4) is 0 Å². The lowest BCUT2D eigenvalue weighted by Gasteiger charge is -2.01. The molecule has 3 aromatic heterocycles. The molecule has 0 fully saturated rings. The van der Waals surface area contributed by atoms with Gasteiger partial charge in [-0.05, 0) is 13.8 Å². The maximum absolute atomic E-state index is 10.6. The van der Waals surface area contributed by atoms with E-state index in [0.717, 1.165) is 11.4 Å². The van der Waals surface area contributed by atoms with Gasteiger partial charge >= 0.3 is 5.69 Å². The highest BCUT2D eigenvalue weighted by Crippen LogP contribution is 2.19. The Bertz CT molecular complexity index is 898. The van der Waals surface area contributed by atoms with Gasteiger partial charge in [-0.15, -0.1) is 10.2 Å². The van der Waals surface area contributed by atoms with Gasteiger partial charge in [0.1, 0.15) is 12.4 Å². The van der Waals surface area contributed by atoms with Crippen molar-refractivity contribution in [3.63, 3.8) is 0 Å². The average Bonchev–Trinajstić information content (AvgIpc) is 3.28. The van der Waals surface area contributed by atoms with Gasteiger partial charge in [0.15, 0.2) is 0 Å². The van der Waals surface area contributed by atoms with Crippen LogP contribution in [0.1, 0.15) is 23.2 Å². The second kappa shape index (κ2) is 7.01. The molecule has 0 saturated carbocycles. The maximum atomic E-state index is 10.6. The number of nitro groups is 1. The van der Waals surface area contributed by atoms with E-state index in [-0.39, 0.29) is 5.69 Å². The van der Waals surface area contributed by atoms with Crippen molar-refractivity contribution in [2.45, 2.75) is 39.8 Å². The fourth-order valence-corrected chi connectivity index (χ4v) is 2.50. The number of halogens is 1. The maximum Gasteiger partial charge on any atom is 0.306 e. The Kier molecular flexibility index (Phi) is 4.79. The van der Waals surface area contributed by atoms with E-state index in [0.29, 0.717) is 42.7 Å². The summed E-state index contributed by atoms with van der Waals surface area (Å²) in [6, 6.07) is 0. The average molecular weight is 366 g/mol. The highest BCUT2D eigenvalue weighted by molar-refractivity contribution is 6.31. The third-order valence-electron chi connectivity index (χ3n) is 3.72. The highest BCUT2D eigenvalue weighted by Gasteiger charge is 2.12. The molecule has 0 aliphatic heterocycles. The lowest BCUT2D eigenvalue weighted by Crippen LogP contribution is -2.05. The predicted octanol–water partition coefficient (Wildman–Crippen LogP) is 2.13. The van der Waals surface area contributed by atoms with Gasteiger partial charge in [0.05, 0.1) is 21.3 Å². The van der Waals surface area contributed by atoms with Crippen LogP contribution in [0, 0.1) is 24.0 Å². The zero-order valence-electron chi connectivity index (χ0n) is 13.7. The molecule has 3 aromatic rings. The molecule has 10 nitrogen and oxygen atoms in total. The van der Waals surface area contributed by atoms with Crippen LogP contribution in [-0.2, 0) is 25.9 Å². The molecule has 0 saturated heterocycles. The van der Waals surface area contributed by atoms with E-state index in [2.05, 4.69) is 20.4 Å². The van der Waals surface area contributed by atoms with Crippen LogP contribution in [0.5, 0.6) is 0 Å². The Hall–Kier alpha value is -2.75. The van der Waals surface area contributed by atoms with Gasteiger partial charge in [0.2, 0.25) is 11.8 Å². The van der Waals surface area contributed by atoms with Crippen molar-refractivity contribution < 1.29 is 9.34 Å². The number of aromatic nitrogens is 6. The van der Waals surface area contributed by atoms with Crippen molar-refractivity contribution >= 4 is 17.3 Å². The summed E-state index contributed by atoms with van der Waals surface area (Å²) in [7, 11) is 0. The fourth-order valence-electron chi connectivity index (χ4n) is 2.36. The molecular weight excluding hydrogens is 350 g/mol. The number of hydrogen-bond acceptors (Lipinski definition) is 7. The molecule has 3 rings (SSSR count). The SMILES string of the molecule is Cc1nn(CCc2nnc(CCn3cc([N+](=O)[O-])cn3)o2)c(C)c1Cl. The molecule has 0 bridgehead atoms. The smallest absolute Gasteiger partial charge is 0.306 e. The Morgan fingerprint density at radius 3 is 2.48 bits per heavy atom. The summed E-state index contributed by atoms with van der Waals surface area (Å²) in [5, 5.41) is 27.5. The lowest BCUT2D eigenvalue weighted by atomic mass is 10.4. The van der Waals surface area contributed by atoms with Gasteiger partial charge in [-0.3, -0.25) is 19.5 Å².